The predicted molar refractivity (Wildman–Crippen MR) is 89.6 cm³/mol. The van der Waals surface area contributed by atoms with Crippen LogP contribution in [0, 0.1) is 0 Å². The SMILES string of the molecule is COC(=O)c1cccc(C(=O)NC2CC(C)(C)NC(C)(C)C2)c1. The lowest BCUT2D eigenvalue weighted by Gasteiger charge is -2.46. The number of nitrogens with one attached hydrogen (secondary N) is 2. The number of amides is 1. The van der Waals surface area contributed by atoms with E-state index in [4.69, 9.17) is 4.74 Å². The van der Waals surface area contributed by atoms with Crippen LogP contribution in [0.15, 0.2) is 24.3 Å². The lowest BCUT2D eigenvalue weighted by atomic mass is 9.79. The minimum atomic E-state index is -0.441. The fourth-order valence-electron chi connectivity index (χ4n) is 3.60. The van der Waals surface area contributed by atoms with E-state index in [-0.39, 0.29) is 23.0 Å². The summed E-state index contributed by atoms with van der Waals surface area (Å²) in [5.41, 5.74) is 0.786. The molecule has 1 saturated heterocycles. The Bertz CT molecular complexity index is 592. The maximum absolute atomic E-state index is 12.5. The second kappa shape index (κ2) is 6.32. The summed E-state index contributed by atoms with van der Waals surface area (Å²) in [4.78, 5) is 24.1. The first-order valence-electron chi connectivity index (χ1n) is 7.90. The molecule has 0 bridgehead atoms. The first-order chi connectivity index (χ1) is 10.6. The zero-order valence-corrected chi connectivity index (χ0v) is 14.5. The molecule has 0 atom stereocenters. The van der Waals surface area contributed by atoms with Crippen LogP contribution in [0.5, 0.6) is 0 Å². The van der Waals surface area contributed by atoms with Crippen LogP contribution in [0.3, 0.4) is 0 Å². The molecule has 1 aliphatic rings. The Morgan fingerprint density at radius 2 is 1.70 bits per heavy atom. The number of methoxy groups -OCH3 is 1. The lowest BCUT2D eigenvalue weighted by molar-refractivity contribution is 0.0600. The Labute approximate surface area is 137 Å². The first-order valence-corrected chi connectivity index (χ1v) is 7.90. The quantitative estimate of drug-likeness (QED) is 0.840. The molecule has 23 heavy (non-hydrogen) atoms. The zero-order chi connectivity index (χ0) is 17.3. The molecule has 1 aromatic rings. The van der Waals surface area contributed by atoms with Gasteiger partial charge in [0.25, 0.3) is 5.91 Å². The Kier molecular flexibility index (Phi) is 4.80. The number of hydrogen-bond acceptors (Lipinski definition) is 4. The van der Waals surface area contributed by atoms with E-state index in [1.165, 1.54) is 7.11 Å². The topological polar surface area (TPSA) is 67.4 Å². The van der Waals surface area contributed by atoms with Crippen LogP contribution < -0.4 is 10.6 Å². The smallest absolute Gasteiger partial charge is 0.337 e. The number of hydrogen-bond donors (Lipinski definition) is 2. The second-order valence-electron chi connectivity index (χ2n) is 7.54. The number of esters is 1. The van der Waals surface area contributed by atoms with Gasteiger partial charge in [-0.05, 0) is 58.7 Å². The molecule has 5 heteroatoms. The number of ether oxygens (including phenoxy) is 1. The molecule has 0 aromatic heterocycles. The number of carbonyl (C=O) groups is 2. The molecular formula is C18H26N2O3. The van der Waals surface area contributed by atoms with Gasteiger partial charge in [-0.25, -0.2) is 4.79 Å². The molecular weight excluding hydrogens is 292 g/mol. The van der Waals surface area contributed by atoms with Gasteiger partial charge in [0.15, 0.2) is 0 Å². The minimum absolute atomic E-state index is 0.0342. The Morgan fingerprint density at radius 1 is 1.13 bits per heavy atom. The summed E-state index contributed by atoms with van der Waals surface area (Å²) in [6.07, 6.45) is 1.72. The van der Waals surface area contributed by atoms with Gasteiger partial charge in [0, 0.05) is 22.7 Å². The molecule has 0 spiro atoms. The fourth-order valence-corrected chi connectivity index (χ4v) is 3.60. The molecule has 0 unspecified atom stereocenters. The third kappa shape index (κ3) is 4.55. The Hall–Kier alpha value is -1.88. The average molecular weight is 318 g/mol. The highest BCUT2D eigenvalue weighted by molar-refractivity contribution is 5.98. The minimum Gasteiger partial charge on any atom is -0.465 e. The summed E-state index contributed by atoms with van der Waals surface area (Å²) in [6.45, 7) is 8.58. The van der Waals surface area contributed by atoms with Crippen molar-refractivity contribution in [3.63, 3.8) is 0 Å². The van der Waals surface area contributed by atoms with Gasteiger partial charge < -0.3 is 15.4 Å². The van der Waals surface area contributed by atoms with E-state index >= 15 is 0 Å². The summed E-state index contributed by atoms with van der Waals surface area (Å²) in [7, 11) is 1.33. The van der Waals surface area contributed by atoms with E-state index in [2.05, 4.69) is 38.3 Å². The van der Waals surface area contributed by atoms with E-state index in [0.29, 0.717) is 11.1 Å². The predicted octanol–water partition coefficient (Wildman–Crippen LogP) is 2.51. The van der Waals surface area contributed by atoms with Gasteiger partial charge in [-0.1, -0.05) is 6.07 Å². The van der Waals surface area contributed by atoms with Crippen molar-refractivity contribution >= 4 is 11.9 Å². The van der Waals surface area contributed by atoms with Gasteiger partial charge in [0.2, 0.25) is 0 Å². The van der Waals surface area contributed by atoms with Crippen molar-refractivity contribution in [1.82, 2.24) is 10.6 Å². The normalized spacial score (nSPS) is 19.9. The fraction of sp³-hybridized carbons (Fsp3) is 0.556. The van der Waals surface area contributed by atoms with Gasteiger partial charge in [-0.15, -0.1) is 0 Å². The molecule has 1 aliphatic heterocycles. The van der Waals surface area contributed by atoms with Crippen LogP contribution in [0.25, 0.3) is 0 Å². The molecule has 2 rings (SSSR count). The van der Waals surface area contributed by atoms with Gasteiger partial charge >= 0.3 is 5.97 Å². The van der Waals surface area contributed by atoms with Crippen LogP contribution in [0.4, 0.5) is 0 Å². The van der Waals surface area contributed by atoms with Crippen LogP contribution in [-0.4, -0.2) is 36.1 Å². The summed E-state index contributed by atoms with van der Waals surface area (Å²) in [5.74, 6) is -0.599. The number of rotatable bonds is 3. The Morgan fingerprint density at radius 3 is 2.26 bits per heavy atom. The van der Waals surface area contributed by atoms with Crippen LogP contribution >= 0.6 is 0 Å². The first kappa shape index (κ1) is 17.5. The molecule has 0 saturated carbocycles. The summed E-state index contributed by atoms with van der Waals surface area (Å²) in [6, 6.07) is 6.70. The monoisotopic (exact) mass is 318 g/mol. The van der Waals surface area contributed by atoms with E-state index in [9.17, 15) is 9.59 Å². The third-order valence-electron chi connectivity index (χ3n) is 4.07. The summed E-state index contributed by atoms with van der Waals surface area (Å²) >= 11 is 0. The van der Waals surface area contributed by atoms with Crippen LogP contribution in [-0.2, 0) is 4.74 Å². The maximum Gasteiger partial charge on any atom is 0.337 e. The highest BCUT2D eigenvalue weighted by Gasteiger charge is 2.38. The molecule has 1 heterocycles. The molecule has 1 aromatic carbocycles. The summed E-state index contributed by atoms with van der Waals surface area (Å²) < 4.78 is 4.70. The van der Waals surface area contributed by atoms with Gasteiger partial charge in [-0.3, -0.25) is 4.79 Å². The van der Waals surface area contributed by atoms with E-state index < -0.39 is 5.97 Å². The molecule has 126 valence electrons. The second-order valence-corrected chi connectivity index (χ2v) is 7.54. The third-order valence-corrected chi connectivity index (χ3v) is 4.07. The van der Waals surface area contributed by atoms with Crippen molar-refractivity contribution in [2.45, 2.75) is 57.7 Å². The van der Waals surface area contributed by atoms with Crippen molar-refractivity contribution in [1.29, 1.82) is 0 Å². The number of benzene rings is 1. The van der Waals surface area contributed by atoms with Crippen molar-refractivity contribution in [3.8, 4) is 0 Å². The molecule has 1 fully saturated rings. The van der Waals surface area contributed by atoms with Crippen molar-refractivity contribution in [3.05, 3.63) is 35.4 Å². The van der Waals surface area contributed by atoms with E-state index in [1.54, 1.807) is 24.3 Å². The maximum atomic E-state index is 12.5. The summed E-state index contributed by atoms with van der Waals surface area (Å²) in [5, 5.41) is 6.69. The van der Waals surface area contributed by atoms with Gasteiger partial charge in [-0.2, -0.15) is 0 Å². The largest absolute Gasteiger partial charge is 0.465 e. The highest BCUT2D eigenvalue weighted by atomic mass is 16.5. The van der Waals surface area contributed by atoms with Crippen molar-refractivity contribution < 1.29 is 14.3 Å². The molecule has 5 nitrogen and oxygen atoms in total. The van der Waals surface area contributed by atoms with E-state index in [1.807, 2.05) is 0 Å². The standard InChI is InChI=1S/C18H26N2O3/c1-17(2)10-14(11-18(3,4)20-17)19-15(21)12-7-6-8-13(9-12)16(22)23-5/h6-9,14,20H,10-11H2,1-5H3,(H,19,21). The van der Waals surface area contributed by atoms with Gasteiger partial charge in [0.05, 0.1) is 12.7 Å². The van der Waals surface area contributed by atoms with Crippen LogP contribution in [0.1, 0.15) is 61.3 Å². The Balaban J connectivity index is 2.11. The van der Waals surface area contributed by atoms with E-state index in [0.717, 1.165) is 12.8 Å². The van der Waals surface area contributed by atoms with Crippen molar-refractivity contribution in [2.24, 2.45) is 0 Å². The highest BCUT2D eigenvalue weighted by Crippen LogP contribution is 2.28. The molecule has 2 N–H and O–H groups in total. The zero-order valence-electron chi connectivity index (χ0n) is 14.5. The van der Waals surface area contributed by atoms with Gasteiger partial charge in [0.1, 0.15) is 0 Å². The molecule has 0 radical (unpaired) electrons. The number of piperidine rings is 1. The molecule has 0 aliphatic carbocycles. The van der Waals surface area contributed by atoms with Crippen LogP contribution in [0.2, 0.25) is 0 Å². The number of carbonyl (C=O) groups excluding carboxylic acids is 2. The average Bonchev–Trinajstić information content (AvgIpc) is 2.43. The molecule has 1 amide bonds. The van der Waals surface area contributed by atoms with Crippen molar-refractivity contribution in [2.75, 3.05) is 7.11 Å². The lowest BCUT2D eigenvalue weighted by Crippen LogP contribution is -2.62.